The van der Waals surface area contributed by atoms with Crippen LogP contribution in [0.5, 0.6) is 11.5 Å². The Labute approximate surface area is 181 Å². The first-order valence-corrected chi connectivity index (χ1v) is 9.99. The summed E-state index contributed by atoms with van der Waals surface area (Å²) in [6.07, 6.45) is 0.545. The van der Waals surface area contributed by atoms with Gasteiger partial charge in [-0.25, -0.2) is 0 Å². The molecule has 0 saturated carbocycles. The van der Waals surface area contributed by atoms with Gasteiger partial charge in [0, 0.05) is 37.5 Å². The van der Waals surface area contributed by atoms with Gasteiger partial charge in [-0.3, -0.25) is 9.59 Å². The van der Waals surface area contributed by atoms with Crippen molar-refractivity contribution in [2.75, 3.05) is 34.5 Å². The number of rotatable bonds is 8. The minimum absolute atomic E-state index is 0.0368. The van der Waals surface area contributed by atoms with E-state index in [-0.39, 0.29) is 11.3 Å². The average molecular weight is 425 g/mol. The molecule has 2 aromatic rings. The maximum Gasteiger partial charge on any atom is 0.295 e. The maximum atomic E-state index is 13.0. The molecule has 1 saturated heterocycles. The van der Waals surface area contributed by atoms with E-state index in [0.29, 0.717) is 42.2 Å². The Morgan fingerprint density at radius 1 is 1.03 bits per heavy atom. The molecule has 0 spiro atoms. The first kappa shape index (κ1) is 22.4. The summed E-state index contributed by atoms with van der Waals surface area (Å²) in [5, 5.41) is 11.1. The summed E-state index contributed by atoms with van der Waals surface area (Å²) < 4.78 is 15.9. The maximum absolute atomic E-state index is 13.0. The van der Waals surface area contributed by atoms with E-state index in [1.54, 1.807) is 44.6 Å². The molecule has 2 aromatic carbocycles. The Morgan fingerprint density at radius 3 is 2.35 bits per heavy atom. The van der Waals surface area contributed by atoms with Crippen LogP contribution in [0.15, 0.2) is 48.0 Å². The van der Waals surface area contributed by atoms with E-state index in [1.807, 2.05) is 19.1 Å². The van der Waals surface area contributed by atoms with Gasteiger partial charge in [0.2, 0.25) is 0 Å². The first-order chi connectivity index (χ1) is 14.9. The van der Waals surface area contributed by atoms with Gasteiger partial charge in [-0.2, -0.15) is 0 Å². The number of carbonyl (C=O) groups excluding carboxylic acids is 2. The van der Waals surface area contributed by atoms with Gasteiger partial charge in [-0.1, -0.05) is 29.8 Å². The fourth-order valence-corrected chi connectivity index (χ4v) is 3.72. The van der Waals surface area contributed by atoms with Crippen LogP contribution in [0.25, 0.3) is 5.76 Å². The van der Waals surface area contributed by atoms with Gasteiger partial charge in [0.1, 0.15) is 17.3 Å². The molecule has 1 N–H and O–H groups in total. The number of carbonyl (C=O) groups is 2. The van der Waals surface area contributed by atoms with Crippen LogP contribution in [0.4, 0.5) is 0 Å². The molecule has 1 amide bonds. The number of likely N-dealkylation sites (tertiary alicyclic amines) is 1. The quantitative estimate of drug-likeness (QED) is 0.302. The van der Waals surface area contributed by atoms with Crippen LogP contribution in [-0.4, -0.2) is 56.2 Å². The lowest BCUT2D eigenvalue weighted by molar-refractivity contribution is -0.140. The second-order valence-electron chi connectivity index (χ2n) is 7.31. The van der Waals surface area contributed by atoms with E-state index in [4.69, 9.17) is 14.2 Å². The molecule has 1 atom stereocenters. The number of ketones is 1. The zero-order valence-electron chi connectivity index (χ0n) is 18.2. The highest BCUT2D eigenvalue weighted by atomic mass is 16.5. The standard InChI is InChI=1S/C24H27NO6/c1-15-6-8-16(9-7-15)22(26)20-21(18-11-10-17(30-3)14-19(18)31-4)25(12-5-13-29-2)24(28)23(20)27/h6-11,14,21,26H,5,12-13H2,1-4H3/b22-20+. The Morgan fingerprint density at radius 2 is 1.74 bits per heavy atom. The third-order valence-corrected chi connectivity index (χ3v) is 5.35. The van der Waals surface area contributed by atoms with Gasteiger partial charge in [-0.05, 0) is 25.5 Å². The van der Waals surface area contributed by atoms with E-state index in [0.717, 1.165) is 5.56 Å². The fourth-order valence-electron chi connectivity index (χ4n) is 3.72. The lowest BCUT2D eigenvalue weighted by Gasteiger charge is -2.26. The summed E-state index contributed by atoms with van der Waals surface area (Å²) in [6, 6.07) is 11.5. The number of ether oxygens (including phenoxy) is 3. The lowest BCUT2D eigenvalue weighted by atomic mass is 9.94. The Hall–Kier alpha value is -3.32. The van der Waals surface area contributed by atoms with Gasteiger partial charge in [0.15, 0.2) is 0 Å². The van der Waals surface area contributed by atoms with E-state index >= 15 is 0 Å². The second kappa shape index (κ2) is 9.66. The van der Waals surface area contributed by atoms with Gasteiger partial charge in [0.25, 0.3) is 11.7 Å². The van der Waals surface area contributed by atoms with Crippen LogP contribution in [0.3, 0.4) is 0 Å². The van der Waals surface area contributed by atoms with E-state index in [2.05, 4.69) is 0 Å². The van der Waals surface area contributed by atoms with Crippen molar-refractivity contribution in [3.8, 4) is 11.5 Å². The zero-order valence-corrected chi connectivity index (χ0v) is 18.2. The summed E-state index contributed by atoms with van der Waals surface area (Å²) in [6.45, 7) is 2.66. The number of methoxy groups -OCH3 is 3. The van der Waals surface area contributed by atoms with Crippen LogP contribution >= 0.6 is 0 Å². The fraction of sp³-hybridized carbons (Fsp3) is 0.333. The molecule has 164 valence electrons. The number of amides is 1. The van der Waals surface area contributed by atoms with Gasteiger partial charge < -0.3 is 24.2 Å². The normalized spacial score (nSPS) is 17.8. The molecule has 3 rings (SSSR count). The molecule has 1 aliphatic heterocycles. The van der Waals surface area contributed by atoms with Crippen molar-refractivity contribution in [3.05, 3.63) is 64.7 Å². The number of hydrogen-bond donors (Lipinski definition) is 1. The predicted octanol–water partition coefficient (Wildman–Crippen LogP) is 3.47. The number of aliphatic hydroxyl groups excluding tert-OH is 1. The Bertz CT molecular complexity index is 996. The summed E-state index contributed by atoms with van der Waals surface area (Å²) >= 11 is 0. The molecule has 0 radical (unpaired) electrons. The molecule has 31 heavy (non-hydrogen) atoms. The number of hydrogen-bond acceptors (Lipinski definition) is 6. The Kier molecular flexibility index (Phi) is 6.97. The molecule has 7 nitrogen and oxygen atoms in total. The molecular formula is C24H27NO6. The number of aryl methyl sites for hydroxylation is 1. The largest absolute Gasteiger partial charge is 0.507 e. The summed E-state index contributed by atoms with van der Waals surface area (Å²) in [4.78, 5) is 27.4. The average Bonchev–Trinajstić information content (AvgIpc) is 3.03. The summed E-state index contributed by atoms with van der Waals surface area (Å²) in [5.74, 6) is -0.560. The number of benzene rings is 2. The van der Waals surface area contributed by atoms with Crippen molar-refractivity contribution in [2.24, 2.45) is 0 Å². The lowest BCUT2D eigenvalue weighted by Crippen LogP contribution is -2.31. The van der Waals surface area contributed by atoms with Crippen LogP contribution in [0, 0.1) is 6.92 Å². The van der Waals surface area contributed by atoms with Gasteiger partial charge in [-0.15, -0.1) is 0 Å². The minimum atomic E-state index is -0.793. The van der Waals surface area contributed by atoms with Crippen LogP contribution in [0.1, 0.15) is 29.2 Å². The monoisotopic (exact) mass is 425 g/mol. The highest BCUT2D eigenvalue weighted by Gasteiger charge is 2.46. The molecule has 0 aliphatic carbocycles. The molecule has 0 aromatic heterocycles. The van der Waals surface area contributed by atoms with Crippen molar-refractivity contribution < 1.29 is 28.9 Å². The van der Waals surface area contributed by atoms with Crippen LogP contribution < -0.4 is 9.47 Å². The number of Topliss-reactive ketones (excluding diaryl/α,β-unsaturated/α-hetero) is 1. The second-order valence-corrected chi connectivity index (χ2v) is 7.31. The molecule has 7 heteroatoms. The Balaban J connectivity index is 2.18. The molecular weight excluding hydrogens is 398 g/mol. The topological polar surface area (TPSA) is 85.3 Å². The highest BCUT2D eigenvalue weighted by Crippen LogP contribution is 2.43. The van der Waals surface area contributed by atoms with E-state index in [1.165, 1.54) is 12.0 Å². The zero-order chi connectivity index (χ0) is 22.5. The van der Waals surface area contributed by atoms with Crippen molar-refractivity contribution in [1.82, 2.24) is 4.90 Å². The van der Waals surface area contributed by atoms with Crippen molar-refractivity contribution in [1.29, 1.82) is 0 Å². The van der Waals surface area contributed by atoms with Crippen molar-refractivity contribution >= 4 is 17.4 Å². The van der Waals surface area contributed by atoms with E-state index in [9.17, 15) is 14.7 Å². The molecule has 1 unspecified atom stereocenters. The molecule has 0 bridgehead atoms. The minimum Gasteiger partial charge on any atom is -0.507 e. The van der Waals surface area contributed by atoms with Crippen molar-refractivity contribution in [3.63, 3.8) is 0 Å². The number of aliphatic hydroxyl groups is 1. The van der Waals surface area contributed by atoms with Gasteiger partial charge in [0.05, 0.1) is 25.8 Å². The van der Waals surface area contributed by atoms with Gasteiger partial charge >= 0.3 is 0 Å². The molecule has 1 heterocycles. The third-order valence-electron chi connectivity index (χ3n) is 5.35. The SMILES string of the molecule is COCCCN1C(=O)C(=O)/C(=C(/O)c2ccc(C)cc2)C1c1ccc(OC)cc1OC. The highest BCUT2D eigenvalue weighted by molar-refractivity contribution is 6.46. The molecule has 1 fully saturated rings. The van der Waals surface area contributed by atoms with Crippen molar-refractivity contribution in [2.45, 2.75) is 19.4 Å². The smallest absolute Gasteiger partial charge is 0.295 e. The van der Waals surface area contributed by atoms with Crippen LogP contribution in [-0.2, 0) is 14.3 Å². The summed E-state index contributed by atoms with van der Waals surface area (Å²) in [7, 11) is 4.63. The molecule has 1 aliphatic rings. The third kappa shape index (κ3) is 4.41. The van der Waals surface area contributed by atoms with Crippen LogP contribution in [0.2, 0.25) is 0 Å². The first-order valence-electron chi connectivity index (χ1n) is 9.99. The number of nitrogens with zero attached hydrogens (tertiary/aromatic N) is 1. The van der Waals surface area contributed by atoms with E-state index < -0.39 is 17.7 Å². The predicted molar refractivity (Wildman–Crippen MR) is 116 cm³/mol. The summed E-state index contributed by atoms with van der Waals surface area (Å²) in [5.41, 5.74) is 2.12.